The minimum absolute atomic E-state index is 0.0146. The second-order valence-electron chi connectivity index (χ2n) is 6.62. The molecule has 2 atom stereocenters. The quantitative estimate of drug-likeness (QED) is 0.509. The lowest BCUT2D eigenvalue weighted by atomic mass is 9.90. The number of rotatable bonds is 5. The standard InChI is InChI=1S/C21H21N3O5/c1-3-28-16-11-12(9-10-15(16)25)18-17(20(27)29-4-2)19(26)23-21-22-13-7-5-6-8-14(13)24(18)21/h5-11,17-18,25H,3-4H2,1-2H3,(H,22,23,26)/t17-,18-/m1/s1. The molecule has 8 nitrogen and oxygen atoms in total. The molecule has 1 amide bonds. The summed E-state index contributed by atoms with van der Waals surface area (Å²) in [5.41, 5.74) is 2.09. The molecular weight excluding hydrogens is 374 g/mol. The molecule has 8 heteroatoms. The van der Waals surface area contributed by atoms with E-state index in [1.54, 1.807) is 19.1 Å². The maximum absolute atomic E-state index is 12.9. The normalized spacial score (nSPS) is 18.2. The molecule has 0 bridgehead atoms. The van der Waals surface area contributed by atoms with Gasteiger partial charge in [-0.15, -0.1) is 0 Å². The number of benzene rings is 2. The number of nitrogens with zero attached hydrogens (tertiary/aromatic N) is 2. The molecule has 0 spiro atoms. The number of carbonyl (C=O) groups is 2. The van der Waals surface area contributed by atoms with Crippen molar-refractivity contribution in [1.82, 2.24) is 9.55 Å². The largest absolute Gasteiger partial charge is 0.504 e. The first-order valence-electron chi connectivity index (χ1n) is 9.45. The minimum atomic E-state index is -1.11. The summed E-state index contributed by atoms with van der Waals surface area (Å²) >= 11 is 0. The molecule has 0 radical (unpaired) electrons. The van der Waals surface area contributed by atoms with Gasteiger partial charge in [-0.05, 0) is 43.7 Å². The van der Waals surface area contributed by atoms with Gasteiger partial charge in [0.15, 0.2) is 17.4 Å². The Morgan fingerprint density at radius 1 is 1.21 bits per heavy atom. The third kappa shape index (κ3) is 3.16. The molecule has 3 aromatic rings. The lowest BCUT2D eigenvalue weighted by molar-refractivity contribution is -0.152. The molecule has 2 N–H and O–H groups in total. The second kappa shape index (κ2) is 7.46. The van der Waals surface area contributed by atoms with Crippen LogP contribution in [0.5, 0.6) is 11.5 Å². The summed E-state index contributed by atoms with van der Waals surface area (Å²) in [6.45, 7) is 4.03. The molecule has 1 aromatic heterocycles. The number of carbonyl (C=O) groups excluding carboxylic acids is 2. The highest BCUT2D eigenvalue weighted by molar-refractivity contribution is 6.07. The Kier molecular flexibility index (Phi) is 4.84. The van der Waals surface area contributed by atoms with Crippen LogP contribution < -0.4 is 10.1 Å². The lowest BCUT2D eigenvalue weighted by Crippen LogP contribution is -2.43. The first kappa shape index (κ1) is 18.8. The number of aromatic nitrogens is 2. The second-order valence-corrected chi connectivity index (χ2v) is 6.62. The highest BCUT2D eigenvalue weighted by atomic mass is 16.5. The summed E-state index contributed by atoms with van der Waals surface area (Å²) in [6.07, 6.45) is 0. The molecule has 2 aromatic carbocycles. The molecule has 0 saturated carbocycles. The zero-order valence-electron chi connectivity index (χ0n) is 16.1. The Hall–Kier alpha value is -3.55. The summed E-state index contributed by atoms with van der Waals surface area (Å²) in [4.78, 5) is 30.1. The van der Waals surface area contributed by atoms with E-state index in [2.05, 4.69) is 10.3 Å². The Bertz CT molecular complexity index is 1090. The minimum Gasteiger partial charge on any atom is -0.504 e. The zero-order valence-corrected chi connectivity index (χ0v) is 16.1. The molecule has 0 fully saturated rings. The van der Waals surface area contributed by atoms with Crippen molar-refractivity contribution in [1.29, 1.82) is 0 Å². The average Bonchev–Trinajstić information content (AvgIpc) is 3.06. The monoisotopic (exact) mass is 395 g/mol. The van der Waals surface area contributed by atoms with Gasteiger partial charge in [-0.3, -0.25) is 14.9 Å². The number of hydrogen-bond acceptors (Lipinski definition) is 6. The van der Waals surface area contributed by atoms with Crippen molar-refractivity contribution in [2.75, 3.05) is 18.5 Å². The number of fused-ring (bicyclic) bond motifs is 3. The van der Waals surface area contributed by atoms with Crippen LogP contribution in [0.25, 0.3) is 11.0 Å². The predicted molar refractivity (Wildman–Crippen MR) is 106 cm³/mol. The molecule has 0 aliphatic carbocycles. The number of nitrogens with one attached hydrogen (secondary N) is 1. The number of para-hydroxylation sites is 2. The van der Waals surface area contributed by atoms with Crippen molar-refractivity contribution < 1.29 is 24.2 Å². The van der Waals surface area contributed by atoms with Crippen LogP contribution in [0.1, 0.15) is 25.5 Å². The van der Waals surface area contributed by atoms with Gasteiger partial charge >= 0.3 is 5.97 Å². The molecule has 150 valence electrons. The number of imidazole rings is 1. The number of phenols is 1. The van der Waals surface area contributed by atoms with Crippen molar-refractivity contribution in [2.45, 2.75) is 19.9 Å². The van der Waals surface area contributed by atoms with Crippen molar-refractivity contribution in [3.63, 3.8) is 0 Å². The number of phenolic OH excluding ortho intramolecular Hbond substituents is 1. The first-order chi connectivity index (χ1) is 14.0. The zero-order chi connectivity index (χ0) is 20.5. The maximum atomic E-state index is 12.9. The van der Waals surface area contributed by atoms with E-state index in [0.717, 1.165) is 5.52 Å². The lowest BCUT2D eigenvalue weighted by Gasteiger charge is -2.32. The van der Waals surface area contributed by atoms with Gasteiger partial charge in [0.1, 0.15) is 0 Å². The number of anilines is 1. The van der Waals surface area contributed by atoms with E-state index >= 15 is 0 Å². The maximum Gasteiger partial charge on any atom is 0.321 e. The van der Waals surface area contributed by atoms with Crippen molar-refractivity contribution in [3.8, 4) is 11.5 Å². The predicted octanol–water partition coefficient (Wildman–Crippen LogP) is 2.86. The third-order valence-electron chi connectivity index (χ3n) is 4.87. The SMILES string of the molecule is CCOC(=O)[C@H]1C(=O)Nc2nc3ccccc3n2[C@@H]1c1ccc(O)c(OCC)c1. The van der Waals surface area contributed by atoms with Crippen LogP contribution in [0.15, 0.2) is 42.5 Å². The molecule has 0 unspecified atom stereocenters. The van der Waals surface area contributed by atoms with Gasteiger partial charge in [0.25, 0.3) is 0 Å². The summed E-state index contributed by atoms with van der Waals surface area (Å²) in [6, 6.07) is 11.5. The number of esters is 1. The van der Waals surface area contributed by atoms with Gasteiger partial charge in [-0.25, -0.2) is 4.98 Å². The van der Waals surface area contributed by atoms with Crippen LogP contribution in [-0.2, 0) is 14.3 Å². The molecule has 1 aliphatic rings. The smallest absolute Gasteiger partial charge is 0.321 e. The fourth-order valence-corrected chi connectivity index (χ4v) is 3.69. The van der Waals surface area contributed by atoms with E-state index in [9.17, 15) is 14.7 Å². The van der Waals surface area contributed by atoms with Gasteiger partial charge in [0.05, 0.1) is 30.3 Å². The molecule has 1 aliphatic heterocycles. The third-order valence-corrected chi connectivity index (χ3v) is 4.87. The Morgan fingerprint density at radius 2 is 2.00 bits per heavy atom. The van der Waals surface area contributed by atoms with Crippen LogP contribution >= 0.6 is 0 Å². The summed E-state index contributed by atoms with van der Waals surface area (Å²) in [5, 5.41) is 12.8. The molecule has 4 rings (SSSR count). The van der Waals surface area contributed by atoms with Crippen molar-refractivity contribution >= 4 is 28.9 Å². The van der Waals surface area contributed by atoms with Gasteiger partial charge in [0, 0.05) is 0 Å². The van der Waals surface area contributed by atoms with Crippen molar-refractivity contribution in [3.05, 3.63) is 48.0 Å². The van der Waals surface area contributed by atoms with Crippen LogP contribution in [0.3, 0.4) is 0 Å². The highest BCUT2D eigenvalue weighted by Crippen LogP contribution is 2.41. The number of hydrogen-bond donors (Lipinski definition) is 2. The highest BCUT2D eigenvalue weighted by Gasteiger charge is 2.44. The van der Waals surface area contributed by atoms with E-state index in [-0.39, 0.29) is 18.1 Å². The van der Waals surface area contributed by atoms with E-state index in [0.29, 0.717) is 23.6 Å². The van der Waals surface area contributed by atoms with Gasteiger partial charge in [-0.2, -0.15) is 0 Å². The van der Waals surface area contributed by atoms with Crippen LogP contribution in [0, 0.1) is 5.92 Å². The Labute approximate surface area is 167 Å². The van der Waals surface area contributed by atoms with E-state index < -0.39 is 23.8 Å². The van der Waals surface area contributed by atoms with Crippen LogP contribution in [0.2, 0.25) is 0 Å². The fourth-order valence-electron chi connectivity index (χ4n) is 3.69. The topological polar surface area (TPSA) is 103 Å². The fraction of sp³-hybridized carbons (Fsp3) is 0.286. The Balaban J connectivity index is 1.94. The number of ether oxygens (including phenoxy) is 2. The average molecular weight is 395 g/mol. The Morgan fingerprint density at radius 3 is 2.76 bits per heavy atom. The summed E-state index contributed by atoms with van der Waals surface area (Å²) in [7, 11) is 0. The number of aromatic hydroxyl groups is 1. The van der Waals surface area contributed by atoms with Crippen LogP contribution in [0.4, 0.5) is 5.95 Å². The molecule has 29 heavy (non-hydrogen) atoms. The molecule has 2 heterocycles. The van der Waals surface area contributed by atoms with E-state index in [1.807, 2.05) is 35.8 Å². The van der Waals surface area contributed by atoms with Crippen LogP contribution in [-0.4, -0.2) is 39.7 Å². The van der Waals surface area contributed by atoms with Crippen molar-refractivity contribution in [2.24, 2.45) is 5.92 Å². The van der Waals surface area contributed by atoms with E-state index in [4.69, 9.17) is 9.47 Å². The molecule has 0 saturated heterocycles. The number of amides is 1. The van der Waals surface area contributed by atoms with E-state index in [1.165, 1.54) is 6.07 Å². The molecular formula is C21H21N3O5. The first-order valence-corrected chi connectivity index (χ1v) is 9.45. The summed E-state index contributed by atoms with van der Waals surface area (Å²) in [5.74, 6) is -1.59. The van der Waals surface area contributed by atoms with Gasteiger partial charge < -0.3 is 19.1 Å². The van der Waals surface area contributed by atoms with Gasteiger partial charge in [0.2, 0.25) is 11.9 Å². The summed E-state index contributed by atoms with van der Waals surface area (Å²) < 4.78 is 12.5. The van der Waals surface area contributed by atoms with Gasteiger partial charge in [-0.1, -0.05) is 18.2 Å².